The first-order chi connectivity index (χ1) is 41.5. The first-order valence-corrected chi connectivity index (χ1v) is 33.0. The topological polar surface area (TPSA) is 95.8 Å². The van der Waals surface area contributed by atoms with Crippen LogP contribution in [0.1, 0.15) is 104 Å². The predicted molar refractivity (Wildman–Crippen MR) is 371 cm³/mol. The van der Waals surface area contributed by atoms with Crippen molar-refractivity contribution in [2.75, 3.05) is 0 Å². The molecule has 10 aromatic rings. The number of halogens is 5. The van der Waals surface area contributed by atoms with Gasteiger partial charge in [0.15, 0.2) is 29.1 Å². The molecule has 8 nitrogen and oxygen atoms in total. The molecule has 86 heavy (non-hydrogen) atoms. The molecule has 0 bridgehead atoms. The van der Waals surface area contributed by atoms with E-state index in [0.717, 1.165) is 63.2 Å². The van der Waals surface area contributed by atoms with Crippen LogP contribution < -0.4 is 5.46 Å². The minimum Gasteiger partial charge on any atom is -0.399 e. The SMILES string of the molecule is CCCCCCc1ccc(-c2cccc(-c3nc(-c4cccc(Br)c4)nc(-c4cccc(Br)c4)n3)c2)cc1.CCCCCCc1ccc(-c2cccc(B3OC(C)(C)C(C)(C)O3)c2)cc1.Clc1nc(-c2cccc(Br)c2)nc(-c2cccc(Br)c2)n1. The molecule has 1 saturated heterocycles. The van der Waals surface area contributed by atoms with Gasteiger partial charge in [0.25, 0.3) is 0 Å². The van der Waals surface area contributed by atoms with Crippen molar-refractivity contribution in [1.82, 2.24) is 29.9 Å². The maximum atomic E-state index is 6.20. The molecule has 3 heterocycles. The lowest BCUT2D eigenvalue weighted by molar-refractivity contribution is 0.00578. The van der Waals surface area contributed by atoms with Gasteiger partial charge in [-0.3, -0.25) is 0 Å². The van der Waals surface area contributed by atoms with Crippen LogP contribution in [0.15, 0.2) is 212 Å². The van der Waals surface area contributed by atoms with Crippen molar-refractivity contribution in [3.63, 3.8) is 0 Å². The molecule has 1 aliphatic heterocycles. The van der Waals surface area contributed by atoms with Crippen molar-refractivity contribution < 1.29 is 9.31 Å². The summed E-state index contributed by atoms with van der Waals surface area (Å²) < 4.78 is 16.3. The predicted octanol–water partition coefficient (Wildman–Crippen LogP) is 21.3. The lowest BCUT2D eigenvalue weighted by Gasteiger charge is -2.32. The summed E-state index contributed by atoms with van der Waals surface area (Å²) in [6.45, 7) is 12.9. The minimum atomic E-state index is -0.312. The van der Waals surface area contributed by atoms with Crippen LogP contribution in [-0.2, 0) is 22.2 Å². The second kappa shape index (κ2) is 30.7. The monoisotopic (exact) mass is 1410 g/mol. The van der Waals surface area contributed by atoms with E-state index in [1.54, 1.807) is 0 Å². The van der Waals surface area contributed by atoms with E-state index < -0.39 is 0 Å². The van der Waals surface area contributed by atoms with Crippen molar-refractivity contribution in [3.8, 4) is 79.2 Å². The molecule has 0 amide bonds. The summed E-state index contributed by atoms with van der Waals surface area (Å²) in [6.07, 6.45) is 12.7. The molecule has 0 spiro atoms. The quantitative estimate of drug-likeness (QED) is 0.0619. The zero-order valence-electron chi connectivity index (χ0n) is 49.5. The minimum absolute atomic E-state index is 0.176. The molecule has 14 heteroatoms. The third kappa shape index (κ3) is 17.8. The second-order valence-corrected chi connectivity index (χ2v) is 26.4. The van der Waals surface area contributed by atoms with Gasteiger partial charge in [-0.1, -0.05) is 256 Å². The molecule has 0 aliphatic carbocycles. The highest BCUT2D eigenvalue weighted by atomic mass is 79.9. The van der Waals surface area contributed by atoms with Crippen molar-refractivity contribution in [2.45, 2.75) is 117 Å². The van der Waals surface area contributed by atoms with E-state index in [1.165, 1.54) is 85.6 Å². The van der Waals surface area contributed by atoms with E-state index in [4.69, 9.17) is 35.9 Å². The molecule has 8 aromatic carbocycles. The fourth-order valence-electron chi connectivity index (χ4n) is 9.80. The maximum absolute atomic E-state index is 6.20. The number of rotatable bonds is 18. The highest BCUT2D eigenvalue weighted by Crippen LogP contribution is 2.37. The number of benzene rings is 8. The Morgan fingerprint density at radius 3 is 1.02 bits per heavy atom. The zero-order valence-corrected chi connectivity index (χ0v) is 56.6. The lowest BCUT2D eigenvalue weighted by Crippen LogP contribution is -2.41. The molecule has 11 rings (SSSR count). The van der Waals surface area contributed by atoms with Gasteiger partial charge in [0.05, 0.1) is 11.2 Å². The van der Waals surface area contributed by atoms with Crippen LogP contribution in [-0.4, -0.2) is 48.2 Å². The van der Waals surface area contributed by atoms with Gasteiger partial charge in [-0.15, -0.1) is 0 Å². The Morgan fingerprint density at radius 1 is 0.349 bits per heavy atom. The molecule has 0 saturated carbocycles. The third-order valence-electron chi connectivity index (χ3n) is 15.3. The second-order valence-electron chi connectivity index (χ2n) is 22.4. The summed E-state index contributed by atoms with van der Waals surface area (Å²) in [4.78, 5) is 27.6. The summed E-state index contributed by atoms with van der Waals surface area (Å²) >= 11 is 20.1. The highest BCUT2D eigenvalue weighted by molar-refractivity contribution is 9.11. The Morgan fingerprint density at radius 2 is 0.663 bits per heavy atom. The lowest BCUT2D eigenvalue weighted by atomic mass is 9.78. The van der Waals surface area contributed by atoms with E-state index in [-0.39, 0.29) is 23.6 Å². The van der Waals surface area contributed by atoms with E-state index in [1.807, 2.05) is 97.1 Å². The Kier molecular flexibility index (Phi) is 23.0. The summed E-state index contributed by atoms with van der Waals surface area (Å²) in [5.41, 5.74) is 12.7. The number of unbranched alkanes of at least 4 members (excludes halogenated alkanes) is 6. The van der Waals surface area contributed by atoms with Gasteiger partial charge < -0.3 is 9.31 Å². The van der Waals surface area contributed by atoms with Crippen molar-refractivity contribution in [3.05, 3.63) is 228 Å². The van der Waals surface area contributed by atoms with Gasteiger partial charge in [0.1, 0.15) is 0 Å². The van der Waals surface area contributed by atoms with Crippen molar-refractivity contribution >= 4 is 87.9 Å². The van der Waals surface area contributed by atoms with E-state index in [0.29, 0.717) is 29.1 Å². The van der Waals surface area contributed by atoms with Crippen LogP contribution in [0.25, 0.3) is 79.2 Å². The van der Waals surface area contributed by atoms with E-state index >= 15 is 0 Å². The maximum Gasteiger partial charge on any atom is 0.494 e. The van der Waals surface area contributed by atoms with Crippen LogP contribution in [0.3, 0.4) is 0 Å². The molecule has 0 radical (unpaired) electrons. The molecule has 0 N–H and O–H groups in total. The summed E-state index contributed by atoms with van der Waals surface area (Å²) in [6, 6.07) is 66.5. The molecule has 1 fully saturated rings. The first-order valence-electron chi connectivity index (χ1n) is 29.5. The Bertz CT molecular complexity index is 3720. The number of nitrogens with zero attached hydrogens (tertiary/aromatic N) is 6. The van der Waals surface area contributed by atoms with Gasteiger partial charge in [0.2, 0.25) is 5.28 Å². The average molecular weight is 1420 g/mol. The molecule has 1 aliphatic rings. The fourth-order valence-corrected chi connectivity index (χ4v) is 11.6. The molecular weight excluding hydrogens is 1350 g/mol. The van der Waals surface area contributed by atoms with Gasteiger partial charge in [-0.05, 0) is 158 Å². The summed E-state index contributed by atoms with van der Waals surface area (Å²) in [7, 11) is -0.312. The Hall–Kier alpha value is -6.03. The largest absolute Gasteiger partial charge is 0.494 e. The number of hydrogen-bond donors (Lipinski definition) is 0. The Balaban J connectivity index is 0.000000162. The van der Waals surface area contributed by atoms with Crippen LogP contribution in [0, 0.1) is 0 Å². The molecule has 438 valence electrons. The smallest absolute Gasteiger partial charge is 0.399 e. The molecule has 0 unspecified atom stereocenters. The van der Waals surface area contributed by atoms with Crippen molar-refractivity contribution in [2.24, 2.45) is 0 Å². The molecule has 2 aromatic heterocycles. The average Bonchev–Trinajstić information content (AvgIpc) is 3.95. The van der Waals surface area contributed by atoms with Gasteiger partial charge in [-0.2, -0.15) is 9.97 Å². The fraction of sp³-hybridized carbons (Fsp3) is 0.250. The summed E-state index contributed by atoms with van der Waals surface area (Å²) in [5, 5.41) is 0.176. The molecule has 0 atom stereocenters. The first kappa shape index (κ1) is 64.4. The Labute approximate surface area is 547 Å². The van der Waals surface area contributed by atoms with Gasteiger partial charge >= 0.3 is 7.12 Å². The molecular formula is C72H70BBr4ClN6O2. The normalized spacial score (nSPS) is 13.1. The standard InChI is InChI=1S/C33H29Br2N3.C24H33BO2.C15H8Br2ClN3/c1-2-3-4-5-9-23-16-18-24(19-17-23)25-10-6-11-26(20-25)31-36-32(27-12-7-14-29(34)21-27)38-33(37-31)28-13-8-15-30(35)22-28;1-6-7-8-9-11-19-14-16-20(17-15-19)21-12-10-13-22(18-21)25-26-23(2,3)24(4,5)27-25;16-11-5-1-3-9(7-11)13-19-14(21-15(18)20-13)10-4-2-6-12(17)8-10/h6-8,10-22H,2-5,9H2,1H3;10,12-18H,6-9,11H2,1-5H3;1-8H. The van der Waals surface area contributed by atoms with Crippen LogP contribution in [0.2, 0.25) is 5.28 Å². The van der Waals surface area contributed by atoms with Crippen LogP contribution in [0.4, 0.5) is 0 Å². The van der Waals surface area contributed by atoms with E-state index in [2.05, 4.69) is 217 Å². The van der Waals surface area contributed by atoms with Crippen LogP contribution in [0.5, 0.6) is 0 Å². The number of aryl methyl sites for hydroxylation is 2. The highest BCUT2D eigenvalue weighted by Gasteiger charge is 2.51. The third-order valence-corrected chi connectivity index (χ3v) is 17.5. The van der Waals surface area contributed by atoms with E-state index in [9.17, 15) is 0 Å². The number of hydrogen-bond acceptors (Lipinski definition) is 8. The van der Waals surface area contributed by atoms with Gasteiger partial charge in [-0.25, -0.2) is 19.9 Å². The van der Waals surface area contributed by atoms with Crippen LogP contribution >= 0.6 is 75.3 Å². The number of aromatic nitrogens is 6. The van der Waals surface area contributed by atoms with Crippen molar-refractivity contribution in [1.29, 1.82) is 0 Å². The van der Waals surface area contributed by atoms with Gasteiger partial charge in [0, 0.05) is 45.7 Å². The zero-order chi connectivity index (χ0) is 60.6. The summed E-state index contributed by atoms with van der Waals surface area (Å²) in [5.74, 6) is 3.03.